The van der Waals surface area contributed by atoms with Crippen LogP contribution in [-0.2, 0) is 9.47 Å². The summed E-state index contributed by atoms with van der Waals surface area (Å²) in [5.41, 5.74) is 0.258. The second-order valence-corrected chi connectivity index (χ2v) is 5.70. The SMILES string of the molecule is COC(=O)N[C@H](OC(=O)c1ccccc1)C(Cl)(Cl)Cl. The van der Waals surface area contributed by atoms with E-state index in [1.54, 1.807) is 18.2 Å². The molecule has 0 aliphatic rings. The topological polar surface area (TPSA) is 64.6 Å². The standard InChI is InChI=1S/C11H10Cl3NO4/c1-18-10(17)15-9(11(12,13)14)19-8(16)7-5-3-2-4-6-7/h2-6,9H,1H3,(H,15,17)/t9-/m1/s1. The van der Waals surface area contributed by atoms with Crippen molar-refractivity contribution in [2.24, 2.45) is 0 Å². The van der Waals surface area contributed by atoms with Crippen molar-refractivity contribution in [3.05, 3.63) is 35.9 Å². The molecular formula is C11H10Cl3NO4. The molecule has 8 heteroatoms. The molecular weight excluding hydrogens is 316 g/mol. The van der Waals surface area contributed by atoms with E-state index in [2.05, 4.69) is 10.1 Å². The van der Waals surface area contributed by atoms with Gasteiger partial charge in [0.2, 0.25) is 10.0 Å². The number of carbonyl (C=O) groups is 2. The molecule has 0 radical (unpaired) electrons. The summed E-state index contributed by atoms with van der Waals surface area (Å²) in [6, 6.07) is 8.07. The Bertz CT molecular complexity index is 447. The van der Waals surface area contributed by atoms with Gasteiger partial charge in [0.25, 0.3) is 0 Å². The summed E-state index contributed by atoms with van der Waals surface area (Å²) in [5, 5.41) is 2.11. The van der Waals surface area contributed by atoms with Gasteiger partial charge in [-0.05, 0) is 12.1 Å². The number of benzene rings is 1. The number of rotatable bonds is 3. The van der Waals surface area contributed by atoms with E-state index in [0.717, 1.165) is 7.11 Å². The van der Waals surface area contributed by atoms with Crippen LogP contribution in [0.1, 0.15) is 10.4 Å². The third-order valence-corrected chi connectivity index (χ3v) is 2.56. The van der Waals surface area contributed by atoms with Crippen LogP contribution in [0.3, 0.4) is 0 Å². The number of alkyl halides is 3. The quantitative estimate of drug-likeness (QED) is 0.527. The molecule has 1 amide bonds. The van der Waals surface area contributed by atoms with Crippen LogP contribution >= 0.6 is 34.8 Å². The third-order valence-electron chi connectivity index (χ3n) is 1.97. The molecule has 0 saturated heterocycles. The second-order valence-electron chi connectivity index (χ2n) is 3.33. The van der Waals surface area contributed by atoms with Crippen molar-refractivity contribution in [2.75, 3.05) is 7.11 Å². The largest absolute Gasteiger partial charge is 0.453 e. The molecule has 0 bridgehead atoms. The van der Waals surface area contributed by atoms with E-state index in [1.165, 1.54) is 12.1 Å². The smallest absolute Gasteiger partial charge is 0.409 e. The first-order valence-electron chi connectivity index (χ1n) is 5.02. The fourth-order valence-electron chi connectivity index (χ4n) is 1.09. The predicted molar refractivity (Wildman–Crippen MR) is 71.5 cm³/mol. The Morgan fingerprint density at radius 3 is 2.26 bits per heavy atom. The monoisotopic (exact) mass is 325 g/mol. The number of alkyl carbamates (subject to hydrolysis) is 1. The highest BCUT2D eigenvalue weighted by atomic mass is 35.6. The number of carbonyl (C=O) groups excluding carboxylic acids is 2. The average Bonchev–Trinajstić information content (AvgIpc) is 2.37. The van der Waals surface area contributed by atoms with Crippen LogP contribution in [-0.4, -0.2) is 29.2 Å². The number of halogens is 3. The van der Waals surface area contributed by atoms with Gasteiger partial charge >= 0.3 is 12.1 Å². The molecule has 0 aromatic heterocycles. The molecule has 0 unspecified atom stereocenters. The van der Waals surface area contributed by atoms with Gasteiger partial charge in [-0.2, -0.15) is 0 Å². The van der Waals surface area contributed by atoms with Crippen molar-refractivity contribution >= 4 is 46.9 Å². The normalized spacial score (nSPS) is 12.4. The van der Waals surface area contributed by atoms with Crippen LogP contribution in [0.2, 0.25) is 0 Å². The van der Waals surface area contributed by atoms with E-state index in [4.69, 9.17) is 39.5 Å². The molecule has 0 spiro atoms. The summed E-state index contributed by atoms with van der Waals surface area (Å²) < 4.78 is 7.24. The van der Waals surface area contributed by atoms with Gasteiger partial charge in [-0.15, -0.1) is 0 Å². The first kappa shape index (κ1) is 15.9. The van der Waals surface area contributed by atoms with E-state index in [-0.39, 0.29) is 5.56 Å². The molecule has 104 valence electrons. The molecule has 1 aromatic carbocycles. The van der Waals surface area contributed by atoms with Crippen LogP contribution < -0.4 is 5.32 Å². The third kappa shape index (κ3) is 5.14. The van der Waals surface area contributed by atoms with Crippen LogP contribution in [0.5, 0.6) is 0 Å². The molecule has 0 aliphatic carbocycles. The first-order valence-corrected chi connectivity index (χ1v) is 6.15. The summed E-state index contributed by atoms with van der Waals surface area (Å²) in [4.78, 5) is 22.9. The lowest BCUT2D eigenvalue weighted by atomic mass is 10.2. The zero-order chi connectivity index (χ0) is 14.5. The Morgan fingerprint density at radius 2 is 1.79 bits per heavy atom. The molecule has 0 aliphatic heterocycles. The predicted octanol–water partition coefficient (Wildman–Crippen LogP) is 2.90. The van der Waals surface area contributed by atoms with Gasteiger partial charge in [-0.1, -0.05) is 53.0 Å². The van der Waals surface area contributed by atoms with Crippen LogP contribution in [0, 0.1) is 0 Å². The molecule has 0 fully saturated rings. The summed E-state index contributed by atoms with van der Waals surface area (Å²) in [5.74, 6) is -0.742. The van der Waals surface area contributed by atoms with Crippen molar-refractivity contribution in [3.63, 3.8) is 0 Å². The lowest BCUT2D eigenvalue weighted by Crippen LogP contribution is -2.46. The highest BCUT2D eigenvalue weighted by Crippen LogP contribution is 2.31. The minimum absolute atomic E-state index is 0.258. The summed E-state index contributed by atoms with van der Waals surface area (Å²) in [7, 11) is 1.13. The Balaban J connectivity index is 2.78. The van der Waals surface area contributed by atoms with Crippen LogP contribution in [0.25, 0.3) is 0 Å². The minimum atomic E-state index is -2.03. The van der Waals surface area contributed by atoms with Gasteiger partial charge in [0.05, 0.1) is 12.7 Å². The highest BCUT2D eigenvalue weighted by molar-refractivity contribution is 6.68. The number of nitrogens with one attached hydrogen (secondary N) is 1. The molecule has 0 heterocycles. The first-order chi connectivity index (χ1) is 8.84. The molecule has 1 atom stereocenters. The van der Waals surface area contributed by atoms with Gasteiger partial charge in [-0.25, -0.2) is 9.59 Å². The number of ether oxygens (including phenoxy) is 2. The molecule has 1 N–H and O–H groups in total. The van der Waals surface area contributed by atoms with Gasteiger partial charge in [0, 0.05) is 0 Å². The van der Waals surface area contributed by atoms with Crippen LogP contribution in [0.15, 0.2) is 30.3 Å². The fourth-order valence-corrected chi connectivity index (χ4v) is 1.39. The highest BCUT2D eigenvalue weighted by Gasteiger charge is 2.38. The minimum Gasteiger partial charge on any atom is -0.453 e. The number of methoxy groups -OCH3 is 1. The second kappa shape index (κ2) is 6.84. The van der Waals surface area contributed by atoms with Gasteiger partial charge in [0.1, 0.15) is 0 Å². The number of hydrogen-bond donors (Lipinski definition) is 1. The van der Waals surface area contributed by atoms with E-state index in [0.29, 0.717) is 0 Å². The lowest BCUT2D eigenvalue weighted by Gasteiger charge is -2.24. The van der Waals surface area contributed by atoms with Crippen molar-refractivity contribution < 1.29 is 19.1 Å². The van der Waals surface area contributed by atoms with Crippen molar-refractivity contribution in [1.82, 2.24) is 5.32 Å². The average molecular weight is 327 g/mol. The van der Waals surface area contributed by atoms with E-state index < -0.39 is 22.1 Å². The maximum absolute atomic E-state index is 11.8. The fraction of sp³-hybridized carbons (Fsp3) is 0.273. The van der Waals surface area contributed by atoms with Crippen molar-refractivity contribution in [3.8, 4) is 0 Å². The maximum Gasteiger partial charge on any atom is 0.409 e. The van der Waals surface area contributed by atoms with Crippen molar-refractivity contribution in [1.29, 1.82) is 0 Å². The Labute approximate surface area is 124 Å². The zero-order valence-electron chi connectivity index (χ0n) is 9.73. The molecule has 5 nitrogen and oxygen atoms in total. The van der Waals surface area contributed by atoms with Gasteiger partial charge in [-0.3, -0.25) is 5.32 Å². The Kier molecular flexibility index (Phi) is 5.72. The maximum atomic E-state index is 11.8. The van der Waals surface area contributed by atoms with E-state index in [1.807, 2.05) is 0 Å². The lowest BCUT2D eigenvalue weighted by molar-refractivity contribution is 0.0227. The van der Waals surface area contributed by atoms with Gasteiger partial charge < -0.3 is 9.47 Å². The number of esters is 1. The summed E-state index contributed by atoms with van der Waals surface area (Å²) in [6.07, 6.45) is -2.37. The molecule has 1 aromatic rings. The molecule has 0 saturated carbocycles. The summed E-state index contributed by atoms with van der Waals surface area (Å²) >= 11 is 16.8. The van der Waals surface area contributed by atoms with Crippen molar-refractivity contribution in [2.45, 2.75) is 10.0 Å². The summed E-state index contributed by atoms with van der Waals surface area (Å²) in [6.45, 7) is 0. The van der Waals surface area contributed by atoms with E-state index in [9.17, 15) is 9.59 Å². The molecule has 1 rings (SSSR count). The molecule has 19 heavy (non-hydrogen) atoms. The van der Waals surface area contributed by atoms with Gasteiger partial charge in [0.15, 0.2) is 0 Å². The zero-order valence-corrected chi connectivity index (χ0v) is 12.0. The van der Waals surface area contributed by atoms with E-state index >= 15 is 0 Å². The number of amides is 1. The Morgan fingerprint density at radius 1 is 1.21 bits per heavy atom. The number of hydrogen-bond acceptors (Lipinski definition) is 4. The van der Waals surface area contributed by atoms with Crippen LogP contribution in [0.4, 0.5) is 4.79 Å². The Hall–Kier alpha value is -1.17.